The number of ether oxygens (including phenoxy) is 1. The van der Waals surface area contributed by atoms with E-state index in [-0.39, 0.29) is 5.82 Å². The van der Waals surface area contributed by atoms with Crippen LogP contribution in [0.25, 0.3) is 0 Å². The van der Waals surface area contributed by atoms with Crippen LogP contribution in [0.4, 0.5) is 22.9 Å². The van der Waals surface area contributed by atoms with Gasteiger partial charge in [-0.15, -0.1) is 0 Å². The van der Waals surface area contributed by atoms with Gasteiger partial charge in [-0.1, -0.05) is 0 Å². The lowest BCUT2D eigenvalue weighted by Gasteiger charge is -2.07. The lowest BCUT2D eigenvalue weighted by atomic mass is 10.3. The number of nitrogens with one attached hydrogen (secondary N) is 1. The lowest BCUT2D eigenvalue weighted by Crippen LogP contribution is -2.01. The molecule has 0 fully saturated rings. The van der Waals surface area contributed by atoms with Gasteiger partial charge < -0.3 is 10.1 Å². The molecule has 0 bridgehead atoms. The third kappa shape index (κ3) is 3.45. The van der Waals surface area contributed by atoms with E-state index >= 15 is 0 Å². The Labute approximate surface area is 124 Å². The Bertz CT molecular complexity index is 702. The third-order valence-corrected chi connectivity index (χ3v) is 2.69. The van der Waals surface area contributed by atoms with Crippen LogP contribution in [0.5, 0.6) is 5.75 Å². The van der Waals surface area contributed by atoms with E-state index < -0.39 is 21.2 Å². The average Bonchev–Trinajstić information content (AvgIpc) is 2.49. The number of pyridine rings is 1. The Hall–Kier alpha value is -3.23. The van der Waals surface area contributed by atoms with Gasteiger partial charge in [0.1, 0.15) is 11.9 Å². The number of nitrogens with zero attached hydrogens (tertiary/aromatic N) is 3. The van der Waals surface area contributed by atoms with Crippen molar-refractivity contribution in [2.45, 2.75) is 6.92 Å². The summed E-state index contributed by atoms with van der Waals surface area (Å²) in [5.74, 6) is 0.596. The van der Waals surface area contributed by atoms with Crippen LogP contribution in [-0.4, -0.2) is 21.4 Å². The molecule has 0 amide bonds. The van der Waals surface area contributed by atoms with Crippen LogP contribution in [0.3, 0.4) is 0 Å². The molecule has 22 heavy (non-hydrogen) atoms. The Morgan fingerprint density at radius 3 is 2.41 bits per heavy atom. The van der Waals surface area contributed by atoms with Crippen molar-refractivity contribution in [1.82, 2.24) is 4.98 Å². The van der Waals surface area contributed by atoms with Gasteiger partial charge in [0.25, 0.3) is 5.69 Å². The highest BCUT2D eigenvalue weighted by atomic mass is 16.6. The highest BCUT2D eigenvalue weighted by Gasteiger charge is 2.21. The van der Waals surface area contributed by atoms with Gasteiger partial charge in [-0.3, -0.25) is 20.2 Å². The van der Waals surface area contributed by atoms with E-state index in [2.05, 4.69) is 10.3 Å². The fourth-order valence-corrected chi connectivity index (χ4v) is 1.72. The number of rotatable bonds is 6. The van der Waals surface area contributed by atoms with Crippen LogP contribution in [0.2, 0.25) is 0 Å². The minimum Gasteiger partial charge on any atom is -0.494 e. The zero-order valence-electron chi connectivity index (χ0n) is 11.6. The maximum absolute atomic E-state index is 11.0. The molecule has 9 heteroatoms. The first kappa shape index (κ1) is 15.2. The number of nitro groups is 2. The summed E-state index contributed by atoms with van der Waals surface area (Å²) < 4.78 is 5.29. The predicted molar refractivity (Wildman–Crippen MR) is 78.4 cm³/mol. The zero-order valence-corrected chi connectivity index (χ0v) is 11.6. The van der Waals surface area contributed by atoms with Crippen LogP contribution >= 0.6 is 0 Å². The molecule has 2 aromatic rings. The van der Waals surface area contributed by atoms with Crippen LogP contribution in [0.15, 0.2) is 36.5 Å². The molecule has 0 spiro atoms. The molecule has 1 heterocycles. The second-order valence-corrected chi connectivity index (χ2v) is 4.16. The minimum atomic E-state index is -0.735. The monoisotopic (exact) mass is 304 g/mol. The largest absolute Gasteiger partial charge is 0.494 e. The molecule has 0 saturated carbocycles. The summed E-state index contributed by atoms with van der Waals surface area (Å²) in [5.41, 5.74) is -0.361. The van der Waals surface area contributed by atoms with Gasteiger partial charge in [0, 0.05) is 5.69 Å². The first-order valence-corrected chi connectivity index (χ1v) is 6.30. The van der Waals surface area contributed by atoms with E-state index in [0.717, 1.165) is 12.3 Å². The van der Waals surface area contributed by atoms with E-state index in [0.29, 0.717) is 18.0 Å². The van der Waals surface area contributed by atoms with Gasteiger partial charge in [0.15, 0.2) is 0 Å². The summed E-state index contributed by atoms with van der Waals surface area (Å²) in [4.78, 5) is 24.0. The summed E-state index contributed by atoms with van der Waals surface area (Å²) >= 11 is 0. The van der Waals surface area contributed by atoms with Crippen molar-refractivity contribution in [3.63, 3.8) is 0 Å². The molecule has 1 N–H and O–H groups in total. The van der Waals surface area contributed by atoms with Gasteiger partial charge >= 0.3 is 5.69 Å². The fraction of sp³-hybridized carbons (Fsp3) is 0.154. The molecule has 1 aromatic carbocycles. The van der Waals surface area contributed by atoms with Crippen LogP contribution in [0, 0.1) is 20.2 Å². The van der Waals surface area contributed by atoms with Crippen molar-refractivity contribution in [3.05, 3.63) is 56.8 Å². The lowest BCUT2D eigenvalue weighted by molar-refractivity contribution is -0.394. The summed E-state index contributed by atoms with van der Waals surface area (Å²) in [6, 6.07) is 7.59. The van der Waals surface area contributed by atoms with Gasteiger partial charge in [0.2, 0.25) is 5.82 Å². The number of aromatic nitrogens is 1. The maximum atomic E-state index is 11.0. The van der Waals surface area contributed by atoms with Crippen molar-refractivity contribution in [1.29, 1.82) is 0 Å². The minimum absolute atomic E-state index is 0.0697. The van der Waals surface area contributed by atoms with Crippen molar-refractivity contribution >= 4 is 22.9 Å². The van der Waals surface area contributed by atoms with Crippen LogP contribution in [0.1, 0.15) is 6.92 Å². The Balaban J connectivity index is 2.28. The number of hydrogen-bond donors (Lipinski definition) is 1. The van der Waals surface area contributed by atoms with E-state index in [1.54, 1.807) is 24.3 Å². The average molecular weight is 304 g/mol. The molecular weight excluding hydrogens is 292 g/mol. The molecule has 0 aliphatic heterocycles. The second-order valence-electron chi connectivity index (χ2n) is 4.16. The van der Waals surface area contributed by atoms with Crippen molar-refractivity contribution in [3.8, 4) is 5.75 Å². The molecule has 114 valence electrons. The molecule has 9 nitrogen and oxygen atoms in total. The SMILES string of the molecule is CCOc1ccc(Nc2ncc([N+](=O)[O-])cc2[N+](=O)[O-])cc1. The molecule has 0 radical (unpaired) electrons. The van der Waals surface area contributed by atoms with Crippen molar-refractivity contribution in [2.24, 2.45) is 0 Å². The smallest absolute Gasteiger partial charge is 0.318 e. The Morgan fingerprint density at radius 2 is 1.86 bits per heavy atom. The highest BCUT2D eigenvalue weighted by Crippen LogP contribution is 2.29. The molecule has 1 aromatic heterocycles. The van der Waals surface area contributed by atoms with E-state index in [1.165, 1.54) is 0 Å². The zero-order chi connectivity index (χ0) is 16.1. The first-order chi connectivity index (χ1) is 10.5. The fourth-order valence-electron chi connectivity index (χ4n) is 1.72. The number of benzene rings is 1. The van der Waals surface area contributed by atoms with Gasteiger partial charge in [0.05, 0.1) is 22.5 Å². The third-order valence-electron chi connectivity index (χ3n) is 2.69. The predicted octanol–water partition coefficient (Wildman–Crippen LogP) is 3.04. The summed E-state index contributed by atoms with van der Waals surface area (Å²) in [6.07, 6.45) is 0.962. The maximum Gasteiger partial charge on any atom is 0.318 e. The highest BCUT2D eigenvalue weighted by molar-refractivity contribution is 5.67. The van der Waals surface area contributed by atoms with Crippen molar-refractivity contribution < 1.29 is 14.6 Å². The molecule has 0 unspecified atom stereocenters. The molecular formula is C13H12N4O5. The second kappa shape index (κ2) is 6.48. The van der Waals surface area contributed by atoms with Gasteiger partial charge in [-0.05, 0) is 31.2 Å². The topological polar surface area (TPSA) is 120 Å². The molecule has 0 saturated heterocycles. The quantitative estimate of drug-likeness (QED) is 0.643. The standard InChI is InChI=1S/C13H12N4O5/c1-2-22-11-5-3-9(4-6-11)15-13-12(17(20)21)7-10(8-14-13)16(18)19/h3-8H,2H2,1H3,(H,14,15). The van der Waals surface area contributed by atoms with Gasteiger partial charge in [-0.25, -0.2) is 4.98 Å². The van der Waals surface area contributed by atoms with Crippen LogP contribution in [-0.2, 0) is 0 Å². The number of hydrogen-bond acceptors (Lipinski definition) is 7. The Morgan fingerprint density at radius 1 is 1.18 bits per heavy atom. The summed E-state index contributed by atoms with van der Waals surface area (Å²) in [6.45, 7) is 2.39. The van der Waals surface area contributed by atoms with E-state index in [9.17, 15) is 20.2 Å². The van der Waals surface area contributed by atoms with Crippen molar-refractivity contribution in [2.75, 3.05) is 11.9 Å². The van der Waals surface area contributed by atoms with Crippen LogP contribution < -0.4 is 10.1 Å². The molecule has 0 atom stereocenters. The first-order valence-electron chi connectivity index (χ1n) is 6.30. The molecule has 0 aliphatic rings. The van der Waals surface area contributed by atoms with E-state index in [4.69, 9.17) is 4.74 Å². The normalized spacial score (nSPS) is 10.0. The summed E-state index contributed by atoms with van der Waals surface area (Å²) in [5, 5.41) is 24.4. The molecule has 0 aliphatic carbocycles. The Kier molecular flexibility index (Phi) is 4.47. The summed E-state index contributed by atoms with van der Waals surface area (Å²) in [7, 11) is 0. The van der Waals surface area contributed by atoms with Gasteiger partial charge in [-0.2, -0.15) is 0 Å². The van der Waals surface area contributed by atoms with E-state index in [1.807, 2.05) is 6.92 Å². The number of anilines is 2. The molecule has 2 rings (SSSR count).